The number of rotatable bonds is 3. The Labute approximate surface area is 133 Å². The molecule has 2 amide bonds. The van der Waals surface area contributed by atoms with E-state index < -0.39 is 23.6 Å². The molecule has 21 heavy (non-hydrogen) atoms. The van der Waals surface area contributed by atoms with Gasteiger partial charge in [-0.25, -0.2) is 9.59 Å². The molecule has 0 aromatic heterocycles. The molecular weight excluding hydrogens is 315 g/mol. The Bertz CT molecular complexity index is 542. The predicted octanol–water partition coefficient (Wildman–Crippen LogP) is 3.85. The highest BCUT2D eigenvalue weighted by Gasteiger charge is 2.22. The zero-order valence-electron chi connectivity index (χ0n) is 12.3. The molecule has 0 fully saturated rings. The van der Waals surface area contributed by atoms with Crippen molar-refractivity contribution < 1.29 is 14.3 Å². The van der Waals surface area contributed by atoms with Crippen molar-refractivity contribution in [2.24, 2.45) is 0 Å². The van der Waals surface area contributed by atoms with Gasteiger partial charge in [0.05, 0.1) is 10.0 Å². The van der Waals surface area contributed by atoms with E-state index >= 15 is 0 Å². The second-order valence-corrected chi connectivity index (χ2v) is 6.30. The van der Waals surface area contributed by atoms with Gasteiger partial charge in [-0.05, 0) is 45.9 Å². The van der Waals surface area contributed by atoms with Gasteiger partial charge in [-0.1, -0.05) is 23.2 Å². The number of carbonyl (C=O) groups is 2. The van der Waals surface area contributed by atoms with Crippen molar-refractivity contribution in [3.8, 4) is 0 Å². The monoisotopic (exact) mass is 332 g/mol. The van der Waals surface area contributed by atoms with Crippen molar-refractivity contribution in [1.29, 1.82) is 0 Å². The van der Waals surface area contributed by atoms with Gasteiger partial charge in [0.15, 0.2) is 0 Å². The number of carbonyl (C=O) groups excluding carboxylic acids is 2. The summed E-state index contributed by atoms with van der Waals surface area (Å²) in [6, 6.07) is 3.38. The molecule has 0 aliphatic heterocycles. The van der Waals surface area contributed by atoms with E-state index in [4.69, 9.17) is 27.9 Å². The molecule has 0 bridgehead atoms. The fraction of sp³-hybridized carbons (Fsp3) is 0.429. The molecule has 5 nitrogen and oxygen atoms in total. The molecule has 0 unspecified atom stereocenters. The Morgan fingerprint density at radius 3 is 2.33 bits per heavy atom. The number of hydrogen-bond donors (Lipinski definition) is 2. The molecule has 0 saturated carbocycles. The maximum atomic E-state index is 11.8. The maximum absolute atomic E-state index is 11.8. The minimum absolute atomic E-state index is 0.328. The van der Waals surface area contributed by atoms with E-state index in [0.29, 0.717) is 15.7 Å². The van der Waals surface area contributed by atoms with Gasteiger partial charge < -0.3 is 15.4 Å². The number of hydrogen-bond acceptors (Lipinski definition) is 3. The minimum Gasteiger partial charge on any atom is -0.458 e. The Kier molecular flexibility index (Phi) is 5.87. The molecule has 1 aromatic carbocycles. The summed E-state index contributed by atoms with van der Waals surface area (Å²) >= 11 is 11.6. The Morgan fingerprint density at radius 2 is 1.81 bits per heavy atom. The largest absolute Gasteiger partial charge is 0.458 e. The number of esters is 1. The van der Waals surface area contributed by atoms with E-state index in [1.165, 1.54) is 6.07 Å². The second kappa shape index (κ2) is 7.00. The summed E-state index contributed by atoms with van der Waals surface area (Å²) in [6.45, 7) is 6.82. The third-order valence-corrected chi connectivity index (χ3v) is 3.02. The molecule has 0 heterocycles. The van der Waals surface area contributed by atoms with Crippen LogP contribution < -0.4 is 10.6 Å². The van der Waals surface area contributed by atoms with Crippen molar-refractivity contribution in [3.63, 3.8) is 0 Å². The summed E-state index contributed by atoms with van der Waals surface area (Å²) in [4.78, 5) is 23.5. The SMILES string of the molecule is C[C@@H](NC(=O)Nc1ccc(Cl)c(Cl)c1)C(=O)OC(C)(C)C. The van der Waals surface area contributed by atoms with E-state index in [2.05, 4.69) is 10.6 Å². The highest BCUT2D eigenvalue weighted by Crippen LogP contribution is 2.24. The molecule has 1 aromatic rings. The minimum atomic E-state index is -0.771. The van der Waals surface area contributed by atoms with Crippen LogP contribution in [0.15, 0.2) is 18.2 Å². The van der Waals surface area contributed by atoms with E-state index in [1.54, 1.807) is 39.8 Å². The lowest BCUT2D eigenvalue weighted by molar-refractivity contribution is -0.156. The first-order valence-corrected chi connectivity index (χ1v) is 7.09. The Morgan fingerprint density at radius 1 is 1.19 bits per heavy atom. The van der Waals surface area contributed by atoms with Crippen molar-refractivity contribution in [2.45, 2.75) is 39.3 Å². The van der Waals surface area contributed by atoms with E-state index in [1.807, 2.05) is 0 Å². The quantitative estimate of drug-likeness (QED) is 0.826. The van der Waals surface area contributed by atoms with Crippen LogP contribution in [0.3, 0.4) is 0 Å². The zero-order chi connectivity index (χ0) is 16.2. The zero-order valence-corrected chi connectivity index (χ0v) is 13.8. The van der Waals surface area contributed by atoms with Crippen LogP contribution in [-0.2, 0) is 9.53 Å². The van der Waals surface area contributed by atoms with Crippen LogP contribution in [0.2, 0.25) is 10.0 Å². The van der Waals surface area contributed by atoms with Gasteiger partial charge in [0.25, 0.3) is 0 Å². The van der Waals surface area contributed by atoms with Crippen LogP contribution in [0.1, 0.15) is 27.7 Å². The van der Waals surface area contributed by atoms with Crippen LogP contribution >= 0.6 is 23.2 Å². The van der Waals surface area contributed by atoms with Gasteiger partial charge in [-0.2, -0.15) is 0 Å². The number of benzene rings is 1. The van der Waals surface area contributed by atoms with Crippen LogP contribution in [0.25, 0.3) is 0 Å². The maximum Gasteiger partial charge on any atom is 0.328 e. The number of anilines is 1. The van der Waals surface area contributed by atoms with Crippen molar-refractivity contribution in [1.82, 2.24) is 5.32 Å². The first-order chi connectivity index (χ1) is 9.58. The summed E-state index contributed by atoms with van der Waals surface area (Å²) in [5.41, 5.74) is -0.133. The second-order valence-electron chi connectivity index (χ2n) is 5.48. The summed E-state index contributed by atoms with van der Waals surface area (Å²) < 4.78 is 5.17. The van der Waals surface area contributed by atoms with E-state index in [0.717, 1.165) is 0 Å². The summed E-state index contributed by atoms with van der Waals surface area (Å²) in [7, 11) is 0. The predicted molar refractivity (Wildman–Crippen MR) is 83.9 cm³/mol. The molecule has 1 atom stereocenters. The highest BCUT2D eigenvalue weighted by atomic mass is 35.5. The van der Waals surface area contributed by atoms with Crippen molar-refractivity contribution in [2.75, 3.05) is 5.32 Å². The normalized spacial score (nSPS) is 12.5. The standard InChI is InChI=1S/C14H18Cl2N2O3/c1-8(12(19)21-14(2,3)4)17-13(20)18-9-5-6-10(15)11(16)7-9/h5-8H,1-4H3,(H2,17,18,20)/t8-/m1/s1. The third-order valence-electron chi connectivity index (χ3n) is 2.29. The number of halogens is 2. The number of urea groups is 1. The van der Waals surface area contributed by atoms with Gasteiger partial charge in [0, 0.05) is 5.69 Å². The topological polar surface area (TPSA) is 67.4 Å². The summed E-state index contributed by atoms with van der Waals surface area (Å²) in [6.07, 6.45) is 0. The average Bonchev–Trinajstić information content (AvgIpc) is 2.31. The Balaban J connectivity index is 2.57. The van der Waals surface area contributed by atoms with Gasteiger partial charge in [-0.15, -0.1) is 0 Å². The molecule has 0 aliphatic carbocycles. The third kappa shape index (κ3) is 6.23. The van der Waals surface area contributed by atoms with Crippen LogP contribution in [0.4, 0.5) is 10.5 Å². The smallest absolute Gasteiger partial charge is 0.328 e. The van der Waals surface area contributed by atoms with E-state index in [-0.39, 0.29) is 0 Å². The van der Waals surface area contributed by atoms with Gasteiger partial charge in [0.2, 0.25) is 0 Å². The Hall–Kier alpha value is -1.46. The fourth-order valence-corrected chi connectivity index (χ4v) is 1.68. The molecule has 0 spiro atoms. The molecular formula is C14H18Cl2N2O3. The van der Waals surface area contributed by atoms with Crippen molar-refractivity contribution >= 4 is 40.9 Å². The van der Waals surface area contributed by atoms with Gasteiger partial charge in [0.1, 0.15) is 11.6 Å². The number of amides is 2. The van der Waals surface area contributed by atoms with Crippen LogP contribution in [0.5, 0.6) is 0 Å². The number of ether oxygens (including phenoxy) is 1. The molecule has 1 rings (SSSR count). The molecule has 7 heteroatoms. The lowest BCUT2D eigenvalue weighted by atomic mass is 10.2. The fourth-order valence-electron chi connectivity index (χ4n) is 1.39. The average molecular weight is 333 g/mol. The lowest BCUT2D eigenvalue weighted by Gasteiger charge is -2.22. The molecule has 116 valence electrons. The van der Waals surface area contributed by atoms with E-state index in [9.17, 15) is 9.59 Å². The van der Waals surface area contributed by atoms with Gasteiger partial charge in [-0.3, -0.25) is 0 Å². The first kappa shape index (κ1) is 17.6. The first-order valence-electron chi connectivity index (χ1n) is 6.34. The molecule has 2 N–H and O–H groups in total. The number of nitrogens with one attached hydrogen (secondary N) is 2. The highest BCUT2D eigenvalue weighted by molar-refractivity contribution is 6.42. The van der Waals surface area contributed by atoms with Crippen LogP contribution in [0, 0.1) is 0 Å². The molecule has 0 aliphatic rings. The van der Waals surface area contributed by atoms with Crippen LogP contribution in [-0.4, -0.2) is 23.6 Å². The lowest BCUT2D eigenvalue weighted by Crippen LogP contribution is -2.43. The van der Waals surface area contributed by atoms with Crippen molar-refractivity contribution in [3.05, 3.63) is 28.2 Å². The molecule has 0 radical (unpaired) electrons. The summed E-state index contributed by atoms with van der Waals surface area (Å²) in [5.74, 6) is -0.508. The summed E-state index contributed by atoms with van der Waals surface area (Å²) in [5, 5.41) is 5.76. The van der Waals surface area contributed by atoms with Gasteiger partial charge >= 0.3 is 12.0 Å². The molecule has 0 saturated heterocycles.